The van der Waals surface area contributed by atoms with Crippen LogP contribution in [0.25, 0.3) is 17.0 Å². The van der Waals surface area contributed by atoms with Gasteiger partial charge in [0.1, 0.15) is 12.2 Å². The number of ether oxygens (including phenoxy) is 1. The highest BCUT2D eigenvalue weighted by atomic mass is 16.5. The van der Waals surface area contributed by atoms with Gasteiger partial charge in [-0.05, 0) is 12.1 Å². The van der Waals surface area contributed by atoms with Gasteiger partial charge in [0.05, 0.1) is 7.11 Å². The fourth-order valence-corrected chi connectivity index (χ4v) is 2.74. The lowest BCUT2D eigenvalue weighted by molar-refractivity contribution is -0.143. The third-order valence-electron chi connectivity index (χ3n) is 3.92. The Labute approximate surface area is 144 Å². The first-order chi connectivity index (χ1) is 12.0. The molecular formula is C18H17N3O4. The van der Waals surface area contributed by atoms with Gasteiger partial charge in [0.25, 0.3) is 5.91 Å². The Kier molecular flexibility index (Phi) is 4.38. The van der Waals surface area contributed by atoms with Crippen molar-refractivity contribution < 1.29 is 19.1 Å². The highest BCUT2D eigenvalue weighted by Gasteiger charge is 2.35. The number of methoxy groups -OCH3 is 1. The Morgan fingerprint density at radius 2 is 2.08 bits per heavy atom. The molecule has 1 aromatic carbocycles. The van der Waals surface area contributed by atoms with Crippen molar-refractivity contribution in [2.24, 2.45) is 0 Å². The number of urea groups is 1. The van der Waals surface area contributed by atoms with Crippen LogP contribution < -0.4 is 5.32 Å². The maximum Gasteiger partial charge on any atom is 0.329 e. The summed E-state index contributed by atoms with van der Waals surface area (Å²) in [6.45, 7) is 3.95. The van der Waals surface area contributed by atoms with E-state index in [0.717, 1.165) is 21.4 Å². The van der Waals surface area contributed by atoms with E-state index in [1.165, 1.54) is 7.11 Å². The topological polar surface area (TPSA) is 80.6 Å². The van der Waals surface area contributed by atoms with E-state index in [4.69, 9.17) is 0 Å². The van der Waals surface area contributed by atoms with E-state index >= 15 is 0 Å². The zero-order valence-electron chi connectivity index (χ0n) is 13.7. The molecule has 1 saturated heterocycles. The molecule has 128 valence electrons. The van der Waals surface area contributed by atoms with Gasteiger partial charge in [-0.1, -0.05) is 24.3 Å². The van der Waals surface area contributed by atoms with Gasteiger partial charge in [0, 0.05) is 29.2 Å². The number of benzene rings is 1. The molecule has 1 fully saturated rings. The Hall–Kier alpha value is -3.35. The smallest absolute Gasteiger partial charge is 0.329 e. The molecule has 2 aromatic rings. The molecule has 0 atom stereocenters. The molecule has 3 amide bonds. The van der Waals surface area contributed by atoms with Gasteiger partial charge in [-0.15, -0.1) is 6.58 Å². The molecule has 2 heterocycles. The molecule has 1 aliphatic rings. The maximum atomic E-state index is 12.4. The molecule has 0 spiro atoms. The summed E-state index contributed by atoms with van der Waals surface area (Å²) in [7, 11) is 1.20. The van der Waals surface area contributed by atoms with E-state index in [2.05, 4.69) is 16.6 Å². The Morgan fingerprint density at radius 1 is 1.32 bits per heavy atom. The van der Waals surface area contributed by atoms with Crippen LogP contribution >= 0.6 is 0 Å². The normalized spacial score (nSPS) is 15.7. The molecular weight excluding hydrogens is 322 g/mol. The number of hydrogen-bond donors (Lipinski definition) is 1. The third kappa shape index (κ3) is 3.03. The number of carbonyl (C=O) groups is 3. The molecule has 7 heteroatoms. The van der Waals surface area contributed by atoms with E-state index in [9.17, 15) is 14.4 Å². The van der Waals surface area contributed by atoms with E-state index in [-0.39, 0.29) is 5.70 Å². The van der Waals surface area contributed by atoms with Crippen LogP contribution in [0.4, 0.5) is 4.79 Å². The van der Waals surface area contributed by atoms with Crippen LogP contribution in [-0.4, -0.2) is 41.0 Å². The average Bonchev–Trinajstić information content (AvgIpc) is 3.08. The number of aromatic nitrogens is 1. The van der Waals surface area contributed by atoms with Crippen molar-refractivity contribution in [1.82, 2.24) is 14.8 Å². The number of hydrogen-bond acceptors (Lipinski definition) is 4. The lowest BCUT2D eigenvalue weighted by Crippen LogP contribution is -2.36. The van der Waals surface area contributed by atoms with Crippen LogP contribution in [0, 0.1) is 0 Å². The van der Waals surface area contributed by atoms with Crippen LogP contribution in [0.3, 0.4) is 0 Å². The van der Waals surface area contributed by atoms with Crippen molar-refractivity contribution in [3.05, 3.63) is 54.4 Å². The molecule has 1 aliphatic heterocycles. The average molecular weight is 339 g/mol. The minimum absolute atomic E-state index is 0.121. The molecule has 0 radical (unpaired) electrons. The van der Waals surface area contributed by atoms with Gasteiger partial charge in [-0.2, -0.15) is 0 Å². The number of imide groups is 1. The number of nitrogens with zero attached hydrogens (tertiary/aromatic N) is 2. The monoisotopic (exact) mass is 339 g/mol. The summed E-state index contributed by atoms with van der Waals surface area (Å²) in [6, 6.07) is 7.10. The van der Waals surface area contributed by atoms with Crippen LogP contribution in [-0.2, 0) is 20.9 Å². The van der Waals surface area contributed by atoms with Crippen LogP contribution in [0.1, 0.15) is 5.56 Å². The van der Waals surface area contributed by atoms with Gasteiger partial charge in [-0.3, -0.25) is 9.59 Å². The van der Waals surface area contributed by atoms with Gasteiger partial charge in [0.15, 0.2) is 0 Å². The minimum atomic E-state index is -0.660. The first-order valence-corrected chi connectivity index (χ1v) is 7.65. The van der Waals surface area contributed by atoms with Gasteiger partial charge >= 0.3 is 12.0 Å². The van der Waals surface area contributed by atoms with Crippen LogP contribution in [0.5, 0.6) is 0 Å². The molecule has 0 bridgehead atoms. The number of allylic oxidation sites excluding steroid dienone is 1. The predicted molar refractivity (Wildman–Crippen MR) is 92.4 cm³/mol. The fourth-order valence-electron chi connectivity index (χ4n) is 2.74. The fraction of sp³-hybridized carbons (Fsp3) is 0.167. The number of para-hydroxylation sites is 1. The summed E-state index contributed by atoms with van der Waals surface area (Å²) in [5, 5.41) is 3.45. The highest BCUT2D eigenvalue weighted by molar-refractivity contribution is 6.15. The zero-order chi connectivity index (χ0) is 18.0. The number of fused-ring (bicyclic) bond motifs is 1. The van der Waals surface area contributed by atoms with E-state index in [1.54, 1.807) is 12.2 Å². The minimum Gasteiger partial charge on any atom is -0.468 e. The molecule has 1 aromatic heterocycles. The van der Waals surface area contributed by atoms with Crippen LogP contribution in [0.2, 0.25) is 0 Å². The number of amides is 3. The Bertz CT molecular complexity index is 910. The van der Waals surface area contributed by atoms with Crippen molar-refractivity contribution in [2.45, 2.75) is 6.54 Å². The Morgan fingerprint density at radius 3 is 2.80 bits per heavy atom. The lowest BCUT2D eigenvalue weighted by Gasteiger charge is -2.08. The second-order valence-electron chi connectivity index (χ2n) is 5.50. The van der Waals surface area contributed by atoms with Crippen molar-refractivity contribution in [3.8, 4) is 0 Å². The predicted octanol–water partition coefficient (Wildman–Crippen LogP) is 1.89. The summed E-state index contributed by atoms with van der Waals surface area (Å²) in [5.74, 6) is -1.22. The van der Waals surface area contributed by atoms with E-state index < -0.39 is 24.5 Å². The van der Waals surface area contributed by atoms with Crippen molar-refractivity contribution in [1.29, 1.82) is 0 Å². The molecule has 1 N–H and O–H groups in total. The maximum absolute atomic E-state index is 12.4. The third-order valence-corrected chi connectivity index (χ3v) is 3.92. The number of carbonyl (C=O) groups excluding carboxylic acids is 3. The first-order valence-electron chi connectivity index (χ1n) is 7.65. The van der Waals surface area contributed by atoms with Crippen molar-refractivity contribution in [3.63, 3.8) is 0 Å². The first kappa shape index (κ1) is 16.5. The second kappa shape index (κ2) is 6.64. The quantitative estimate of drug-likeness (QED) is 0.390. The lowest BCUT2D eigenvalue weighted by atomic mass is 10.1. The molecule has 7 nitrogen and oxygen atoms in total. The summed E-state index contributed by atoms with van der Waals surface area (Å²) in [5.41, 5.74) is 1.91. The summed E-state index contributed by atoms with van der Waals surface area (Å²) < 4.78 is 6.51. The largest absolute Gasteiger partial charge is 0.468 e. The summed E-state index contributed by atoms with van der Waals surface area (Å²) >= 11 is 0. The second-order valence-corrected chi connectivity index (χ2v) is 5.50. The molecule has 0 aliphatic carbocycles. The number of rotatable bonds is 5. The van der Waals surface area contributed by atoms with Crippen LogP contribution in [0.15, 0.2) is 48.8 Å². The van der Waals surface area contributed by atoms with Crippen molar-refractivity contribution >= 4 is 34.9 Å². The molecule has 0 unspecified atom stereocenters. The molecule has 0 saturated carbocycles. The molecule has 25 heavy (non-hydrogen) atoms. The Balaban J connectivity index is 1.97. The highest BCUT2D eigenvalue weighted by Crippen LogP contribution is 2.24. The van der Waals surface area contributed by atoms with E-state index in [1.807, 2.05) is 35.0 Å². The van der Waals surface area contributed by atoms with Gasteiger partial charge in [-0.25, -0.2) is 9.69 Å². The SMILES string of the molecule is C=CCn1cc(/C=C2/NC(=O)N(CC(=O)OC)C2=O)c2ccccc21. The zero-order valence-corrected chi connectivity index (χ0v) is 13.7. The summed E-state index contributed by atoms with van der Waals surface area (Å²) in [6.07, 6.45) is 5.28. The summed E-state index contributed by atoms with van der Waals surface area (Å²) in [4.78, 5) is 36.5. The number of esters is 1. The van der Waals surface area contributed by atoms with Crippen molar-refractivity contribution in [2.75, 3.05) is 13.7 Å². The van der Waals surface area contributed by atoms with Gasteiger partial charge in [0.2, 0.25) is 0 Å². The number of nitrogens with one attached hydrogen (secondary N) is 1. The molecule has 3 rings (SSSR count). The van der Waals surface area contributed by atoms with Gasteiger partial charge < -0.3 is 14.6 Å². The standard InChI is InChI=1S/C18H17N3O4/c1-3-8-20-10-12(13-6-4-5-7-15(13)20)9-14-17(23)21(18(24)19-14)11-16(22)25-2/h3-7,9-10H,1,8,11H2,2H3,(H,19,24)/b14-9+. The van der Waals surface area contributed by atoms with E-state index in [0.29, 0.717) is 6.54 Å².